The molecule has 0 aromatic heterocycles. The van der Waals surface area contributed by atoms with Gasteiger partial charge in [-0.15, -0.1) is 0 Å². The molecule has 140 valence electrons. The number of thioether (sulfide) groups is 1. The Hall–Kier alpha value is -2.87. The van der Waals surface area contributed by atoms with Crippen molar-refractivity contribution in [3.8, 4) is 5.75 Å². The van der Waals surface area contributed by atoms with Crippen molar-refractivity contribution < 1.29 is 18.7 Å². The number of nitrogens with zero attached hydrogens (tertiary/aromatic N) is 2. The van der Waals surface area contributed by atoms with Crippen molar-refractivity contribution in [2.75, 3.05) is 19.5 Å². The molecule has 2 aromatic rings. The van der Waals surface area contributed by atoms with Gasteiger partial charge in [-0.05, 0) is 36.4 Å². The second-order valence-electron chi connectivity index (χ2n) is 5.83. The van der Waals surface area contributed by atoms with E-state index in [2.05, 4.69) is 10.3 Å². The first-order chi connectivity index (χ1) is 13.0. The number of halogens is 1. The summed E-state index contributed by atoms with van der Waals surface area (Å²) in [5.74, 6) is -0.292. The van der Waals surface area contributed by atoms with E-state index in [0.29, 0.717) is 22.3 Å². The first kappa shape index (κ1) is 18.9. The van der Waals surface area contributed by atoms with Gasteiger partial charge in [0.25, 0.3) is 0 Å². The van der Waals surface area contributed by atoms with E-state index in [0.717, 1.165) is 0 Å². The average molecular weight is 387 g/mol. The number of carbonyl (C=O) groups is 2. The highest BCUT2D eigenvalue weighted by atomic mass is 32.2. The summed E-state index contributed by atoms with van der Waals surface area (Å²) in [6.07, 6.45) is -0.00381. The van der Waals surface area contributed by atoms with Crippen LogP contribution in [-0.2, 0) is 9.59 Å². The van der Waals surface area contributed by atoms with Crippen LogP contribution < -0.4 is 10.1 Å². The first-order valence-corrected chi connectivity index (χ1v) is 9.07. The Bertz CT molecular complexity index is 886. The number of nitrogens with one attached hydrogen (secondary N) is 1. The van der Waals surface area contributed by atoms with Gasteiger partial charge < -0.3 is 10.1 Å². The molecule has 0 saturated carbocycles. The van der Waals surface area contributed by atoms with Gasteiger partial charge in [0.15, 0.2) is 5.17 Å². The molecule has 1 aliphatic heterocycles. The van der Waals surface area contributed by atoms with Gasteiger partial charge in [0, 0.05) is 19.2 Å². The molecule has 0 spiro atoms. The van der Waals surface area contributed by atoms with Crippen LogP contribution in [0.1, 0.15) is 6.42 Å². The number of amides is 2. The number of methoxy groups -OCH3 is 1. The maximum atomic E-state index is 12.9. The Kier molecular flexibility index (Phi) is 5.75. The molecule has 1 aliphatic rings. The smallest absolute Gasteiger partial charge is 0.242 e. The van der Waals surface area contributed by atoms with Crippen LogP contribution in [0, 0.1) is 5.82 Å². The number of para-hydroxylation sites is 2. The lowest BCUT2D eigenvalue weighted by atomic mass is 10.2. The summed E-state index contributed by atoms with van der Waals surface area (Å²) >= 11 is 1.23. The maximum absolute atomic E-state index is 12.9. The van der Waals surface area contributed by atoms with Crippen molar-refractivity contribution >= 4 is 40.1 Å². The van der Waals surface area contributed by atoms with Crippen molar-refractivity contribution in [3.05, 3.63) is 54.3 Å². The van der Waals surface area contributed by atoms with E-state index in [-0.39, 0.29) is 24.1 Å². The van der Waals surface area contributed by atoms with Gasteiger partial charge in [0.2, 0.25) is 11.8 Å². The molecule has 1 heterocycles. The fourth-order valence-corrected chi connectivity index (χ4v) is 3.68. The number of hydrogen-bond acceptors (Lipinski definition) is 5. The highest BCUT2D eigenvalue weighted by molar-refractivity contribution is 8.15. The summed E-state index contributed by atoms with van der Waals surface area (Å²) in [7, 11) is 3.18. The molecule has 0 bridgehead atoms. The van der Waals surface area contributed by atoms with E-state index in [1.165, 1.54) is 40.9 Å². The summed E-state index contributed by atoms with van der Waals surface area (Å²) in [6, 6.07) is 12.7. The van der Waals surface area contributed by atoms with Crippen molar-refractivity contribution in [3.63, 3.8) is 0 Å². The highest BCUT2D eigenvalue weighted by Gasteiger charge is 2.37. The molecule has 0 unspecified atom stereocenters. The Morgan fingerprint density at radius 3 is 2.67 bits per heavy atom. The molecule has 3 rings (SSSR count). The zero-order valence-corrected chi connectivity index (χ0v) is 15.6. The summed E-state index contributed by atoms with van der Waals surface area (Å²) in [5, 5.41) is 2.60. The summed E-state index contributed by atoms with van der Waals surface area (Å²) in [6.45, 7) is 0. The topological polar surface area (TPSA) is 71.0 Å². The van der Waals surface area contributed by atoms with Crippen molar-refractivity contribution in [1.82, 2.24) is 4.90 Å². The lowest BCUT2D eigenvalue weighted by molar-refractivity contribution is -0.127. The van der Waals surface area contributed by atoms with Gasteiger partial charge >= 0.3 is 0 Å². The minimum absolute atomic E-state index is 0.00381. The van der Waals surface area contributed by atoms with Crippen molar-refractivity contribution in [1.29, 1.82) is 0 Å². The fourth-order valence-electron chi connectivity index (χ4n) is 2.54. The van der Waals surface area contributed by atoms with Gasteiger partial charge in [-0.1, -0.05) is 23.9 Å². The van der Waals surface area contributed by atoms with E-state index in [4.69, 9.17) is 4.74 Å². The minimum Gasteiger partial charge on any atom is -0.494 e. The van der Waals surface area contributed by atoms with Crippen LogP contribution >= 0.6 is 11.8 Å². The third-order valence-corrected chi connectivity index (χ3v) is 5.17. The van der Waals surface area contributed by atoms with E-state index in [9.17, 15) is 14.0 Å². The summed E-state index contributed by atoms with van der Waals surface area (Å²) in [4.78, 5) is 30.6. The minimum atomic E-state index is -0.566. The number of rotatable bonds is 5. The lowest BCUT2D eigenvalue weighted by Crippen LogP contribution is -2.30. The molecule has 6 nitrogen and oxygen atoms in total. The second kappa shape index (κ2) is 8.22. The Morgan fingerprint density at radius 1 is 1.26 bits per heavy atom. The van der Waals surface area contributed by atoms with Crippen LogP contribution in [0.25, 0.3) is 0 Å². The van der Waals surface area contributed by atoms with Crippen molar-refractivity contribution in [2.24, 2.45) is 4.99 Å². The molecule has 8 heteroatoms. The molecule has 0 radical (unpaired) electrons. The van der Waals surface area contributed by atoms with E-state index in [1.54, 1.807) is 26.3 Å². The zero-order chi connectivity index (χ0) is 19.4. The fraction of sp³-hybridized carbons (Fsp3) is 0.211. The molecule has 1 atom stereocenters. The first-order valence-electron chi connectivity index (χ1n) is 8.19. The third-order valence-electron chi connectivity index (χ3n) is 3.94. The van der Waals surface area contributed by atoms with Crippen LogP contribution in [0.15, 0.2) is 53.5 Å². The number of anilines is 1. The highest BCUT2D eigenvalue weighted by Crippen LogP contribution is 2.33. The zero-order valence-electron chi connectivity index (χ0n) is 14.8. The van der Waals surface area contributed by atoms with Gasteiger partial charge in [0.05, 0.1) is 7.11 Å². The normalized spacial score (nSPS) is 18.0. The SMILES string of the molecule is COc1ccccc1N=C1S[C@H](CC(=O)Nc2ccc(F)cc2)C(=O)N1C. The third kappa shape index (κ3) is 4.46. The molecular formula is C19H18FN3O3S. The summed E-state index contributed by atoms with van der Waals surface area (Å²) < 4.78 is 18.2. The number of aliphatic imine (C=N–C) groups is 1. The number of amidine groups is 1. The van der Waals surface area contributed by atoms with Crippen LogP contribution in [-0.4, -0.2) is 41.3 Å². The van der Waals surface area contributed by atoms with Gasteiger partial charge in [0.1, 0.15) is 22.5 Å². The monoisotopic (exact) mass is 387 g/mol. The van der Waals surface area contributed by atoms with E-state index in [1.807, 2.05) is 12.1 Å². The van der Waals surface area contributed by atoms with Crippen LogP contribution in [0.3, 0.4) is 0 Å². The average Bonchev–Trinajstić information content (AvgIpc) is 2.92. The van der Waals surface area contributed by atoms with Gasteiger partial charge in [-0.3, -0.25) is 14.5 Å². The largest absolute Gasteiger partial charge is 0.494 e. The van der Waals surface area contributed by atoms with Gasteiger partial charge in [-0.2, -0.15) is 0 Å². The second-order valence-corrected chi connectivity index (χ2v) is 7.00. The van der Waals surface area contributed by atoms with E-state index < -0.39 is 5.25 Å². The molecule has 2 amide bonds. The van der Waals surface area contributed by atoms with Crippen LogP contribution in [0.2, 0.25) is 0 Å². The Balaban J connectivity index is 1.69. The Morgan fingerprint density at radius 2 is 1.96 bits per heavy atom. The number of hydrogen-bond donors (Lipinski definition) is 1. The lowest BCUT2D eigenvalue weighted by Gasteiger charge is -2.10. The molecule has 2 aromatic carbocycles. The number of ether oxygens (including phenoxy) is 1. The number of carbonyl (C=O) groups excluding carboxylic acids is 2. The van der Waals surface area contributed by atoms with Crippen LogP contribution in [0.5, 0.6) is 5.75 Å². The Labute approximate surface area is 160 Å². The van der Waals surface area contributed by atoms with E-state index >= 15 is 0 Å². The molecule has 1 fully saturated rings. The van der Waals surface area contributed by atoms with Crippen molar-refractivity contribution in [2.45, 2.75) is 11.7 Å². The predicted octanol–water partition coefficient (Wildman–Crippen LogP) is 3.42. The quantitative estimate of drug-likeness (QED) is 0.853. The predicted molar refractivity (Wildman–Crippen MR) is 104 cm³/mol. The maximum Gasteiger partial charge on any atom is 0.242 e. The summed E-state index contributed by atoms with van der Waals surface area (Å²) in [5.41, 5.74) is 1.09. The molecule has 27 heavy (non-hydrogen) atoms. The molecule has 1 saturated heterocycles. The van der Waals surface area contributed by atoms with Crippen LogP contribution in [0.4, 0.5) is 15.8 Å². The van der Waals surface area contributed by atoms with Gasteiger partial charge in [-0.25, -0.2) is 9.38 Å². The molecule has 0 aliphatic carbocycles. The molecule has 1 N–H and O–H groups in total. The number of benzene rings is 2. The standard InChI is InChI=1S/C19H18FN3O3S/c1-23-18(25)16(11-17(24)21-13-9-7-12(20)8-10-13)27-19(23)22-14-5-3-4-6-15(14)26-2/h3-10,16H,11H2,1-2H3,(H,21,24)/t16-/m1/s1. The molecular weight excluding hydrogens is 369 g/mol.